The van der Waals surface area contributed by atoms with Gasteiger partial charge in [0.1, 0.15) is 17.6 Å². The summed E-state index contributed by atoms with van der Waals surface area (Å²) in [5.74, 6) is -1.01. The van der Waals surface area contributed by atoms with Crippen LogP contribution in [0.5, 0.6) is 17.2 Å². The Balaban J connectivity index is 1.68. The van der Waals surface area contributed by atoms with E-state index in [-0.39, 0.29) is 35.5 Å². The van der Waals surface area contributed by atoms with Gasteiger partial charge < -0.3 is 24.6 Å². The highest BCUT2D eigenvalue weighted by molar-refractivity contribution is 9.10. The van der Waals surface area contributed by atoms with Crippen LogP contribution in [0.25, 0.3) is 5.76 Å². The van der Waals surface area contributed by atoms with Crippen molar-refractivity contribution in [3.05, 3.63) is 87.2 Å². The molecule has 2 aromatic carbocycles. The minimum Gasteiger partial charge on any atom is -0.507 e. The molecule has 0 spiro atoms. The lowest BCUT2D eigenvalue weighted by Gasteiger charge is -2.26. The van der Waals surface area contributed by atoms with Crippen LogP contribution in [0.3, 0.4) is 0 Å². The van der Waals surface area contributed by atoms with Gasteiger partial charge in [-0.15, -0.1) is 0 Å². The standard InChI is InChI=1S/C27H23BrN2O6/c1-14-9-17-10-16(3-4-20(17)36-14)24(31)22-23(18-11-19(28)25(32)21(12-18)35-2)30(27(34)26(22)33)13-15-5-7-29-8-6-15/h3-8,10-12,14,23,31-32H,9,13H2,1-2H3/t14-,23+/m1/s1. The predicted molar refractivity (Wildman–Crippen MR) is 135 cm³/mol. The fourth-order valence-electron chi connectivity index (χ4n) is 4.71. The van der Waals surface area contributed by atoms with E-state index in [1.54, 1.807) is 54.9 Å². The van der Waals surface area contributed by atoms with Crippen LogP contribution in [-0.4, -0.2) is 45.0 Å². The molecule has 0 bridgehead atoms. The molecule has 0 aliphatic carbocycles. The monoisotopic (exact) mass is 550 g/mol. The number of nitrogens with zero attached hydrogens (tertiary/aromatic N) is 2. The van der Waals surface area contributed by atoms with E-state index < -0.39 is 17.7 Å². The lowest BCUT2D eigenvalue weighted by molar-refractivity contribution is -0.140. The van der Waals surface area contributed by atoms with Crippen molar-refractivity contribution < 1.29 is 29.3 Å². The molecule has 1 amide bonds. The number of carbonyl (C=O) groups excluding carboxylic acids is 2. The number of phenols is 1. The van der Waals surface area contributed by atoms with Crippen molar-refractivity contribution in [2.75, 3.05) is 7.11 Å². The minimum atomic E-state index is -0.924. The van der Waals surface area contributed by atoms with Gasteiger partial charge in [0, 0.05) is 30.9 Å². The van der Waals surface area contributed by atoms with Gasteiger partial charge in [-0.05, 0) is 82.0 Å². The van der Waals surface area contributed by atoms with Crippen molar-refractivity contribution >= 4 is 33.4 Å². The summed E-state index contributed by atoms with van der Waals surface area (Å²) in [6.45, 7) is 2.07. The predicted octanol–water partition coefficient (Wildman–Crippen LogP) is 4.50. The van der Waals surface area contributed by atoms with E-state index in [2.05, 4.69) is 20.9 Å². The van der Waals surface area contributed by atoms with Gasteiger partial charge in [-0.25, -0.2) is 0 Å². The zero-order chi connectivity index (χ0) is 25.6. The molecule has 8 nitrogen and oxygen atoms in total. The second-order valence-corrected chi connectivity index (χ2v) is 9.65. The first-order chi connectivity index (χ1) is 17.3. The molecule has 2 aliphatic heterocycles. The number of rotatable bonds is 5. The summed E-state index contributed by atoms with van der Waals surface area (Å²) < 4.78 is 11.4. The number of aromatic hydroxyl groups is 1. The fraction of sp³-hybridized carbons (Fsp3) is 0.222. The zero-order valence-electron chi connectivity index (χ0n) is 19.6. The van der Waals surface area contributed by atoms with Crippen LogP contribution in [-0.2, 0) is 22.6 Å². The maximum absolute atomic E-state index is 13.4. The molecule has 1 aromatic heterocycles. The third kappa shape index (κ3) is 4.09. The summed E-state index contributed by atoms with van der Waals surface area (Å²) in [4.78, 5) is 32.1. The number of hydrogen-bond donors (Lipinski definition) is 2. The van der Waals surface area contributed by atoms with E-state index in [0.717, 1.165) is 16.9 Å². The van der Waals surface area contributed by atoms with E-state index in [1.807, 2.05) is 6.92 Å². The molecule has 0 unspecified atom stereocenters. The number of aliphatic hydroxyl groups excluding tert-OH is 1. The van der Waals surface area contributed by atoms with E-state index in [4.69, 9.17) is 9.47 Å². The van der Waals surface area contributed by atoms with Crippen LogP contribution in [0.4, 0.5) is 0 Å². The number of fused-ring (bicyclic) bond motifs is 1. The van der Waals surface area contributed by atoms with Gasteiger partial charge >= 0.3 is 0 Å². The summed E-state index contributed by atoms with van der Waals surface area (Å²) in [6, 6.07) is 11.0. The molecule has 9 heteroatoms. The first-order valence-electron chi connectivity index (χ1n) is 11.3. The number of amides is 1. The summed E-state index contributed by atoms with van der Waals surface area (Å²) in [5.41, 5.74) is 2.56. The first kappa shape index (κ1) is 23.9. The Morgan fingerprint density at radius 2 is 1.94 bits per heavy atom. The molecule has 184 valence electrons. The van der Waals surface area contributed by atoms with Crippen LogP contribution in [0.2, 0.25) is 0 Å². The highest BCUT2D eigenvalue weighted by Gasteiger charge is 2.46. The number of pyridine rings is 1. The highest BCUT2D eigenvalue weighted by Crippen LogP contribution is 2.45. The van der Waals surface area contributed by atoms with Gasteiger partial charge in [-0.1, -0.05) is 0 Å². The third-order valence-corrected chi connectivity index (χ3v) is 7.00. The smallest absolute Gasteiger partial charge is 0.295 e. The third-order valence-electron chi connectivity index (χ3n) is 6.40. The van der Waals surface area contributed by atoms with Crippen LogP contribution >= 0.6 is 15.9 Å². The minimum absolute atomic E-state index is 0.0187. The van der Waals surface area contributed by atoms with Crippen molar-refractivity contribution in [2.45, 2.75) is 32.0 Å². The van der Waals surface area contributed by atoms with Gasteiger partial charge in [0.15, 0.2) is 11.5 Å². The van der Waals surface area contributed by atoms with Gasteiger partial charge in [0.05, 0.1) is 23.2 Å². The Hall–Kier alpha value is -3.85. The van der Waals surface area contributed by atoms with Crippen molar-refractivity contribution in [3.8, 4) is 17.2 Å². The first-order valence-corrected chi connectivity index (χ1v) is 12.1. The molecule has 0 radical (unpaired) electrons. The lowest BCUT2D eigenvalue weighted by Crippen LogP contribution is -2.29. The number of aromatic nitrogens is 1. The Kier molecular flexibility index (Phi) is 6.17. The number of carbonyl (C=O) groups is 2. The van der Waals surface area contributed by atoms with E-state index in [0.29, 0.717) is 22.0 Å². The largest absolute Gasteiger partial charge is 0.507 e. The number of ketones is 1. The Morgan fingerprint density at radius 3 is 2.67 bits per heavy atom. The van der Waals surface area contributed by atoms with Crippen LogP contribution in [0, 0.1) is 0 Å². The van der Waals surface area contributed by atoms with E-state index in [1.165, 1.54) is 12.0 Å². The second-order valence-electron chi connectivity index (χ2n) is 8.79. The van der Waals surface area contributed by atoms with Crippen molar-refractivity contribution in [3.63, 3.8) is 0 Å². The molecule has 1 fully saturated rings. The number of Topliss-reactive ketones (excluding diaryl/α,β-unsaturated/α-hetero) is 1. The topological polar surface area (TPSA) is 109 Å². The number of halogens is 1. The molecule has 5 rings (SSSR count). The van der Waals surface area contributed by atoms with Crippen LogP contribution in [0.1, 0.15) is 35.2 Å². The van der Waals surface area contributed by atoms with Crippen molar-refractivity contribution in [2.24, 2.45) is 0 Å². The second kappa shape index (κ2) is 9.31. The highest BCUT2D eigenvalue weighted by atomic mass is 79.9. The summed E-state index contributed by atoms with van der Waals surface area (Å²) in [5, 5.41) is 21.7. The number of hydrogen-bond acceptors (Lipinski definition) is 7. The van der Waals surface area contributed by atoms with Crippen LogP contribution < -0.4 is 9.47 Å². The summed E-state index contributed by atoms with van der Waals surface area (Å²) in [7, 11) is 1.41. The molecule has 2 atom stereocenters. The van der Waals surface area contributed by atoms with Gasteiger partial charge in [0.2, 0.25) is 0 Å². The number of phenolic OH excluding ortho intramolecular Hbond substituents is 1. The Labute approximate surface area is 215 Å². The van der Waals surface area contributed by atoms with E-state index >= 15 is 0 Å². The molecular formula is C27H23BrN2O6. The van der Waals surface area contributed by atoms with Gasteiger partial charge in [-0.3, -0.25) is 14.6 Å². The molecule has 3 heterocycles. The lowest BCUT2D eigenvalue weighted by atomic mass is 9.94. The number of ether oxygens (including phenoxy) is 2. The average Bonchev–Trinajstić information content (AvgIpc) is 3.37. The SMILES string of the molecule is COc1cc([C@H]2C(=C(O)c3ccc4c(c3)C[C@@H](C)O4)C(=O)C(=O)N2Cc2ccncc2)cc(Br)c1O. The number of aliphatic hydroxyl groups is 1. The number of methoxy groups -OCH3 is 1. The zero-order valence-corrected chi connectivity index (χ0v) is 21.2. The van der Waals surface area contributed by atoms with Gasteiger partial charge in [0.25, 0.3) is 11.7 Å². The maximum Gasteiger partial charge on any atom is 0.295 e. The molecule has 0 saturated carbocycles. The summed E-state index contributed by atoms with van der Waals surface area (Å²) in [6.07, 6.45) is 3.91. The van der Waals surface area contributed by atoms with Crippen molar-refractivity contribution in [1.82, 2.24) is 9.88 Å². The fourth-order valence-corrected chi connectivity index (χ4v) is 5.17. The number of benzene rings is 2. The molecule has 36 heavy (non-hydrogen) atoms. The average molecular weight is 551 g/mol. The number of likely N-dealkylation sites (tertiary alicyclic amines) is 1. The van der Waals surface area contributed by atoms with Crippen LogP contribution in [0.15, 0.2) is 64.9 Å². The Morgan fingerprint density at radius 1 is 1.19 bits per heavy atom. The van der Waals surface area contributed by atoms with Crippen molar-refractivity contribution in [1.29, 1.82) is 0 Å². The maximum atomic E-state index is 13.4. The molecule has 2 N–H and O–H groups in total. The Bertz CT molecular complexity index is 1400. The van der Waals surface area contributed by atoms with Gasteiger partial charge in [-0.2, -0.15) is 0 Å². The quantitative estimate of drug-likeness (QED) is 0.273. The van der Waals surface area contributed by atoms with E-state index in [9.17, 15) is 19.8 Å². The summed E-state index contributed by atoms with van der Waals surface area (Å²) >= 11 is 3.32. The molecule has 3 aromatic rings. The molecule has 1 saturated heterocycles. The normalized spacial score (nSPS) is 20.4. The molecule has 2 aliphatic rings. The molecular weight excluding hydrogens is 528 g/mol.